The van der Waals surface area contributed by atoms with E-state index >= 15 is 0 Å². The smallest absolute Gasteiger partial charge is 0.123 e. The Morgan fingerprint density at radius 2 is 1.89 bits per heavy atom. The standard InChI is InChI=1S/C15H14Cl2FN/c1-9-6-10(8-11(18)7-9)15(19-2)12-4-3-5-13(16)14(12)17/h3-8,15,19H,1-2H3. The maximum absolute atomic E-state index is 13.5. The number of aryl methyl sites for hydroxylation is 1. The van der Waals surface area contributed by atoms with Crippen molar-refractivity contribution in [1.82, 2.24) is 5.32 Å². The second kappa shape index (κ2) is 5.91. The Morgan fingerprint density at radius 3 is 2.53 bits per heavy atom. The zero-order valence-corrected chi connectivity index (χ0v) is 12.2. The van der Waals surface area contributed by atoms with Crippen LogP contribution in [0.2, 0.25) is 10.0 Å². The van der Waals surface area contributed by atoms with Gasteiger partial charge in [-0.1, -0.05) is 41.4 Å². The van der Waals surface area contributed by atoms with Crippen molar-refractivity contribution >= 4 is 23.2 Å². The fourth-order valence-electron chi connectivity index (χ4n) is 2.18. The van der Waals surface area contributed by atoms with Crippen LogP contribution in [0.25, 0.3) is 0 Å². The van der Waals surface area contributed by atoms with Gasteiger partial charge in [0.1, 0.15) is 5.82 Å². The highest BCUT2D eigenvalue weighted by molar-refractivity contribution is 6.42. The average Bonchev–Trinajstić information content (AvgIpc) is 2.34. The van der Waals surface area contributed by atoms with Crippen LogP contribution in [0.5, 0.6) is 0 Å². The van der Waals surface area contributed by atoms with Crippen LogP contribution in [0.15, 0.2) is 36.4 Å². The molecular weight excluding hydrogens is 284 g/mol. The van der Waals surface area contributed by atoms with Gasteiger partial charge in [0.25, 0.3) is 0 Å². The van der Waals surface area contributed by atoms with Gasteiger partial charge in [0.05, 0.1) is 16.1 Å². The van der Waals surface area contributed by atoms with Gasteiger partial charge >= 0.3 is 0 Å². The number of benzene rings is 2. The molecule has 2 aromatic rings. The summed E-state index contributed by atoms with van der Waals surface area (Å²) in [5, 5.41) is 4.13. The van der Waals surface area contributed by atoms with E-state index in [0.717, 1.165) is 16.7 Å². The summed E-state index contributed by atoms with van der Waals surface area (Å²) in [6.45, 7) is 1.86. The van der Waals surface area contributed by atoms with Crippen LogP contribution in [-0.2, 0) is 0 Å². The lowest BCUT2D eigenvalue weighted by molar-refractivity contribution is 0.615. The largest absolute Gasteiger partial charge is 0.309 e. The highest BCUT2D eigenvalue weighted by Crippen LogP contribution is 2.33. The molecule has 0 saturated carbocycles. The normalized spacial score (nSPS) is 12.5. The number of hydrogen-bond donors (Lipinski definition) is 1. The molecule has 0 aliphatic rings. The zero-order chi connectivity index (χ0) is 14.0. The summed E-state index contributed by atoms with van der Waals surface area (Å²) in [5.41, 5.74) is 2.53. The van der Waals surface area contributed by atoms with Crippen molar-refractivity contribution in [2.45, 2.75) is 13.0 Å². The van der Waals surface area contributed by atoms with Gasteiger partial charge in [0, 0.05) is 0 Å². The molecule has 2 rings (SSSR count). The topological polar surface area (TPSA) is 12.0 Å². The van der Waals surface area contributed by atoms with E-state index < -0.39 is 0 Å². The molecular formula is C15H14Cl2FN. The van der Waals surface area contributed by atoms with Crippen LogP contribution >= 0.6 is 23.2 Å². The monoisotopic (exact) mass is 297 g/mol. The van der Waals surface area contributed by atoms with E-state index in [2.05, 4.69) is 5.32 Å². The first-order chi connectivity index (χ1) is 9.02. The number of hydrogen-bond acceptors (Lipinski definition) is 1. The molecule has 0 aromatic heterocycles. The average molecular weight is 298 g/mol. The van der Waals surface area contributed by atoms with E-state index in [1.807, 2.05) is 32.2 Å². The van der Waals surface area contributed by atoms with E-state index in [1.54, 1.807) is 6.07 Å². The first kappa shape index (κ1) is 14.3. The Morgan fingerprint density at radius 1 is 1.16 bits per heavy atom. The number of nitrogens with one attached hydrogen (secondary N) is 1. The summed E-state index contributed by atoms with van der Waals surface area (Å²) >= 11 is 12.3. The Labute approximate surface area is 122 Å². The minimum absolute atomic E-state index is 0.194. The Kier molecular flexibility index (Phi) is 4.46. The number of halogens is 3. The van der Waals surface area contributed by atoms with E-state index in [1.165, 1.54) is 12.1 Å². The van der Waals surface area contributed by atoms with Gasteiger partial charge in [-0.2, -0.15) is 0 Å². The van der Waals surface area contributed by atoms with Crippen molar-refractivity contribution in [3.63, 3.8) is 0 Å². The third kappa shape index (κ3) is 3.08. The van der Waals surface area contributed by atoms with Crippen LogP contribution in [0.3, 0.4) is 0 Å². The SMILES string of the molecule is CNC(c1cc(C)cc(F)c1)c1cccc(Cl)c1Cl. The van der Waals surface area contributed by atoms with E-state index in [4.69, 9.17) is 23.2 Å². The molecule has 0 fully saturated rings. The van der Waals surface area contributed by atoms with Crippen molar-refractivity contribution in [1.29, 1.82) is 0 Å². The molecule has 0 amide bonds. The molecule has 2 aromatic carbocycles. The fraction of sp³-hybridized carbons (Fsp3) is 0.200. The van der Waals surface area contributed by atoms with Crippen LogP contribution in [0.4, 0.5) is 4.39 Å². The summed E-state index contributed by atoms with van der Waals surface area (Å²) in [4.78, 5) is 0. The highest BCUT2D eigenvalue weighted by Gasteiger charge is 2.17. The van der Waals surface area contributed by atoms with Crippen molar-refractivity contribution < 1.29 is 4.39 Å². The summed E-state index contributed by atoms with van der Waals surface area (Å²) < 4.78 is 13.5. The lowest BCUT2D eigenvalue weighted by Gasteiger charge is -2.19. The molecule has 1 unspecified atom stereocenters. The number of rotatable bonds is 3. The lowest BCUT2D eigenvalue weighted by Crippen LogP contribution is -2.18. The maximum atomic E-state index is 13.5. The molecule has 1 nitrogen and oxygen atoms in total. The van der Waals surface area contributed by atoms with Gasteiger partial charge in [-0.05, 0) is 48.9 Å². The van der Waals surface area contributed by atoms with Crippen LogP contribution in [-0.4, -0.2) is 7.05 Å². The minimum Gasteiger partial charge on any atom is -0.309 e. The van der Waals surface area contributed by atoms with Gasteiger partial charge in [0.15, 0.2) is 0 Å². The molecule has 19 heavy (non-hydrogen) atoms. The minimum atomic E-state index is -0.256. The molecule has 1 N–H and O–H groups in total. The van der Waals surface area contributed by atoms with Crippen LogP contribution in [0.1, 0.15) is 22.7 Å². The van der Waals surface area contributed by atoms with E-state index in [0.29, 0.717) is 10.0 Å². The molecule has 100 valence electrons. The Balaban J connectivity index is 2.53. The lowest BCUT2D eigenvalue weighted by atomic mass is 9.97. The molecule has 0 aliphatic heterocycles. The predicted molar refractivity (Wildman–Crippen MR) is 78.5 cm³/mol. The predicted octanol–water partition coefficient (Wildman–Crippen LogP) is 4.75. The van der Waals surface area contributed by atoms with Gasteiger partial charge in [0.2, 0.25) is 0 Å². The third-order valence-electron chi connectivity index (χ3n) is 2.98. The zero-order valence-electron chi connectivity index (χ0n) is 10.7. The first-order valence-corrected chi connectivity index (χ1v) is 6.66. The van der Waals surface area contributed by atoms with Crippen molar-refractivity contribution in [2.75, 3.05) is 7.05 Å². The van der Waals surface area contributed by atoms with Crippen LogP contribution < -0.4 is 5.32 Å². The highest BCUT2D eigenvalue weighted by atomic mass is 35.5. The fourth-order valence-corrected chi connectivity index (χ4v) is 2.59. The van der Waals surface area contributed by atoms with Gasteiger partial charge < -0.3 is 5.32 Å². The van der Waals surface area contributed by atoms with Crippen molar-refractivity contribution in [2.24, 2.45) is 0 Å². The second-order valence-corrected chi connectivity index (χ2v) is 5.21. The van der Waals surface area contributed by atoms with E-state index in [9.17, 15) is 4.39 Å². The molecule has 0 spiro atoms. The molecule has 1 atom stereocenters. The molecule has 0 saturated heterocycles. The summed E-state index contributed by atoms with van der Waals surface area (Å²) in [6.07, 6.45) is 0. The Hall–Kier alpha value is -1.09. The molecule has 0 aliphatic carbocycles. The van der Waals surface area contributed by atoms with Gasteiger partial charge in [-0.3, -0.25) is 0 Å². The van der Waals surface area contributed by atoms with Crippen molar-refractivity contribution in [3.05, 3.63) is 69.0 Å². The second-order valence-electron chi connectivity index (χ2n) is 4.43. The Bertz CT molecular complexity index is 578. The molecule has 4 heteroatoms. The summed E-state index contributed by atoms with van der Waals surface area (Å²) in [5.74, 6) is -0.256. The summed E-state index contributed by atoms with van der Waals surface area (Å²) in [6, 6.07) is 10.2. The quantitative estimate of drug-likeness (QED) is 0.862. The van der Waals surface area contributed by atoms with Crippen molar-refractivity contribution in [3.8, 4) is 0 Å². The van der Waals surface area contributed by atoms with E-state index in [-0.39, 0.29) is 11.9 Å². The van der Waals surface area contributed by atoms with Crippen LogP contribution in [0, 0.1) is 12.7 Å². The molecule has 0 radical (unpaired) electrons. The summed E-state index contributed by atoms with van der Waals surface area (Å²) in [7, 11) is 1.81. The molecule has 0 heterocycles. The maximum Gasteiger partial charge on any atom is 0.123 e. The van der Waals surface area contributed by atoms with Gasteiger partial charge in [-0.25, -0.2) is 4.39 Å². The first-order valence-electron chi connectivity index (χ1n) is 5.91. The van der Waals surface area contributed by atoms with Gasteiger partial charge in [-0.15, -0.1) is 0 Å². The third-order valence-corrected chi connectivity index (χ3v) is 3.81. The molecule has 0 bridgehead atoms.